The molecule has 0 fully saturated rings. The Morgan fingerprint density at radius 3 is 1.22 bits per heavy atom. The van der Waals surface area contributed by atoms with Crippen molar-refractivity contribution >= 4 is 28.4 Å². The summed E-state index contributed by atoms with van der Waals surface area (Å²) in [6.45, 7) is 0. The van der Waals surface area contributed by atoms with E-state index in [0.29, 0.717) is 0 Å². The average molecular weight is 577 g/mol. The molecule has 214 valence electrons. The molecule has 0 radical (unpaired) electrons. The first-order chi connectivity index (χ1) is 22.3. The number of benzene rings is 7. The summed E-state index contributed by atoms with van der Waals surface area (Å²) in [5.74, 6) is 0. The monoisotopic (exact) mass is 576 g/mol. The van der Waals surface area contributed by atoms with Gasteiger partial charge in [-0.15, -0.1) is 0 Å². The zero-order valence-electron chi connectivity index (χ0n) is 24.8. The molecule has 0 bridgehead atoms. The van der Waals surface area contributed by atoms with Crippen LogP contribution in [-0.4, -0.2) is 0 Å². The zero-order chi connectivity index (χ0) is 30.1. The minimum atomic E-state index is -0.457. The van der Waals surface area contributed by atoms with Gasteiger partial charge in [-0.1, -0.05) is 127 Å². The Morgan fingerprint density at radius 1 is 0.333 bits per heavy atom. The fourth-order valence-electron chi connectivity index (χ4n) is 6.98. The van der Waals surface area contributed by atoms with Crippen molar-refractivity contribution in [3.63, 3.8) is 0 Å². The Morgan fingerprint density at radius 2 is 0.711 bits per heavy atom. The molecule has 1 aliphatic rings. The molecule has 0 saturated heterocycles. The second kappa shape index (κ2) is 11.3. The Kier molecular flexibility index (Phi) is 6.73. The highest BCUT2D eigenvalue weighted by atomic mass is 15.1. The first-order valence-corrected chi connectivity index (χ1v) is 15.5. The number of nitrogens with zero attached hydrogens (tertiary/aromatic N) is 1. The van der Waals surface area contributed by atoms with Crippen LogP contribution >= 0.6 is 0 Å². The molecule has 2 heteroatoms. The lowest BCUT2D eigenvalue weighted by Gasteiger charge is -2.34. The third-order valence-corrected chi connectivity index (χ3v) is 8.92. The SMILES string of the molecule is c1ccc(Nc2ccc(C3(c4ccc(N(c5ccccc5)c5ccccc5)cc4)c4ccccc4-c4ccccc43)cc2)cc1. The van der Waals surface area contributed by atoms with E-state index in [1.165, 1.54) is 33.4 Å². The number of fused-ring (bicyclic) bond motifs is 3. The largest absolute Gasteiger partial charge is 0.356 e. The van der Waals surface area contributed by atoms with Crippen LogP contribution in [0, 0.1) is 0 Å². The van der Waals surface area contributed by atoms with E-state index in [1.54, 1.807) is 0 Å². The van der Waals surface area contributed by atoms with Gasteiger partial charge in [-0.05, 0) is 94.0 Å². The molecule has 0 aliphatic heterocycles. The number of hydrogen-bond acceptors (Lipinski definition) is 2. The van der Waals surface area contributed by atoms with E-state index in [1.807, 2.05) is 6.07 Å². The second-order valence-corrected chi connectivity index (χ2v) is 11.5. The van der Waals surface area contributed by atoms with Crippen molar-refractivity contribution in [2.45, 2.75) is 5.41 Å². The molecule has 1 N–H and O–H groups in total. The summed E-state index contributed by atoms with van der Waals surface area (Å²) in [5.41, 5.74) is 12.8. The second-order valence-electron chi connectivity index (χ2n) is 11.5. The van der Waals surface area contributed by atoms with Crippen molar-refractivity contribution < 1.29 is 0 Å². The predicted molar refractivity (Wildman–Crippen MR) is 188 cm³/mol. The van der Waals surface area contributed by atoms with E-state index < -0.39 is 5.41 Å². The van der Waals surface area contributed by atoms with Crippen LogP contribution in [0.1, 0.15) is 22.3 Å². The lowest BCUT2D eigenvalue weighted by molar-refractivity contribution is 0.768. The van der Waals surface area contributed by atoms with Gasteiger partial charge in [0.25, 0.3) is 0 Å². The maximum atomic E-state index is 3.56. The Hall–Kier alpha value is -5.86. The van der Waals surface area contributed by atoms with Crippen molar-refractivity contribution in [1.29, 1.82) is 0 Å². The standard InChI is InChI=1S/C43H32N2/c1-4-14-34(15-5-1)44-35-28-24-32(25-29-35)43(41-22-12-10-20-39(41)40-21-11-13-23-42(40)43)33-26-30-38(31-27-33)45(36-16-6-2-7-17-36)37-18-8-3-9-19-37/h1-31,44H. The van der Waals surface area contributed by atoms with Gasteiger partial charge in [0.05, 0.1) is 5.41 Å². The summed E-state index contributed by atoms with van der Waals surface area (Å²) in [4.78, 5) is 2.32. The summed E-state index contributed by atoms with van der Waals surface area (Å²) in [6, 6.07) is 67.5. The normalized spacial score (nSPS) is 12.6. The van der Waals surface area contributed by atoms with Gasteiger partial charge in [-0.2, -0.15) is 0 Å². The fourth-order valence-corrected chi connectivity index (χ4v) is 6.98. The topological polar surface area (TPSA) is 15.3 Å². The van der Waals surface area contributed by atoms with Crippen LogP contribution in [-0.2, 0) is 5.41 Å². The number of hydrogen-bond donors (Lipinski definition) is 1. The van der Waals surface area contributed by atoms with E-state index >= 15 is 0 Å². The molecule has 0 saturated carbocycles. The molecule has 2 nitrogen and oxygen atoms in total. The number of para-hydroxylation sites is 3. The minimum Gasteiger partial charge on any atom is -0.356 e. The summed E-state index contributed by atoms with van der Waals surface area (Å²) in [7, 11) is 0. The number of rotatable bonds is 7. The van der Waals surface area contributed by atoms with Crippen LogP contribution in [0.2, 0.25) is 0 Å². The summed E-state index contributed by atoms with van der Waals surface area (Å²) in [6.07, 6.45) is 0. The highest BCUT2D eigenvalue weighted by molar-refractivity contribution is 5.87. The molecule has 45 heavy (non-hydrogen) atoms. The molecular weight excluding hydrogens is 544 g/mol. The van der Waals surface area contributed by atoms with Gasteiger partial charge >= 0.3 is 0 Å². The number of nitrogens with one attached hydrogen (secondary N) is 1. The molecule has 7 aromatic carbocycles. The third-order valence-electron chi connectivity index (χ3n) is 8.92. The molecule has 1 aliphatic carbocycles. The van der Waals surface area contributed by atoms with Crippen LogP contribution in [0.15, 0.2) is 188 Å². The zero-order valence-corrected chi connectivity index (χ0v) is 24.8. The molecule has 0 amide bonds. The molecule has 0 unspecified atom stereocenters. The number of anilines is 5. The van der Waals surface area contributed by atoms with Crippen LogP contribution in [0.4, 0.5) is 28.4 Å². The van der Waals surface area contributed by atoms with Gasteiger partial charge in [0.15, 0.2) is 0 Å². The molecule has 0 atom stereocenters. The van der Waals surface area contributed by atoms with Gasteiger partial charge in [-0.25, -0.2) is 0 Å². The Bertz CT molecular complexity index is 1970. The van der Waals surface area contributed by atoms with Crippen molar-refractivity contribution in [2.24, 2.45) is 0 Å². The maximum absolute atomic E-state index is 3.56. The van der Waals surface area contributed by atoms with Crippen LogP contribution in [0.5, 0.6) is 0 Å². The maximum Gasteiger partial charge on any atom is 0.0713 e. The highest BCUT2D eigenvalue weighted by Gasteiger charge is 2.45. The minimum absolute atomic E-state index is 0.457. The predicted octanol–water partition coefficient (Wildman–Crippen LogP) is 11.3. The van der Waals surface area contributed by atoms with E-state index in [9.17, 15) is 0 Å². The molecule has 0 heterocycles. The van der Waals surface area contributed by atoms with Crippen LogP contribution < -0.4 is 10.2 Å². The Balaban J connectivity index is 1.29. The molecule has 0 aromatic heterocycles. The van der Waals surface area contributed by atoms with Crippen LogP contribution in [0.3, 0.4) is 0 Å². The molecule has 7 aromatic rings. The molecule has 0 spiro atoms. The first kappa shape index (κ1) is 26.7. The van der Waals surface area contributed by atoms with E-state index in [4.69, 9.17) is 0 Å². The van der Waals surface area contributed by atoms with E-state index in [-0.39, 0.29) is 0 Å². The van der Waals surface area contributed by atoms with Gasteiger partial charge in [-0.3, -0.25) is 0 Å². The van der Waals surface area contributed by atoms with Crippen LogP contribution in [0.25, 0.3) is 11.1 Å². The van der Waals surface area contributed by atoms with Gasteiger partial charge < -0.3 is 10.2 Å². The quantitative estimate of drug-likeness (QED) is 0.203. The van der Waals surface area contributed by atoms with E-state index in [0.717, 1.165) is 28.4 Å². The molecule has 8 rings (SSSR count). The molecular formula is C43H32N2. The van der Waals surface area contributed by atoms with Crippen molar-refractivity contribution in [3.8, 4) is 11.1 Å². The van der Waals surface area contributed by atoms with Crippen molar-refractivity contribution in [3.05, 3.63) is 210 Å². The summed E-state index contributed by atoms with van der Waals surface area (Å²) < 4.78 is 0. The smallest absolute Gasteiger partial charge is 0.0713 e. The van der Waals surface area contributed by atoms with Gasteiger partial charge in [0.2, 0.25) is 0 Å². The highest BCUT2D eigenvalue weighted by Crippen LogP contribution is 2.56. The Labute approximate surface area is 264 Å². The lowest BCUT2D eigenvalue weighted by atomic mass is 9.67. The summed E-state index contributed by atoms with van der Waals surface area (Å²) in [5, 5.41) is 3.56. The lowest BCUT2D eigenvalue weighted by Crippen LogP contribution is -2.28. The average Bonchev–Trinajstić information content (AvgIpc) is 3.42. The first-order valence-electron chi connectivity index (χ1n) is 15.5. The van der Waals surface area contributed by atoms with Gasteiger partial charge in [0, 0.05) is 28.4 Å². The van der Waals surface area contributed by atoms with E-state index in [2.05, 4.69) is 192 Å². The van der Waals surface area contributed by atoms with Crippen molar-refractivity contribution in [2.75, 3.05) is 10.2 Å². The van der Waals surface area contributed by atoms with Crippen molar-refractivity contribution in [1.82, 2.24) is 0 Å². The summed E-state index contributed by atoms with van der Waals surface area (Å²) >= 11 is 0. The third kappa shape index (κ3) is 4.59. The fraction of sp³-hybridized carbons (Fsp3) is 0.0233. The van der Waals surface area contributed by atoms with Gasteiger partial charge in [0.1, 0.15) is 0 Å².